The average Bonchev–Trinajstić information content (AvgIpc) is 3.80. The quantitative estimate of drug-likeness (QED) is 0.161. The van der Waals surface area contributed by atoms with Crippen LogP contribution in [0.15, 0.2) is 206 Å². The standard InChI is InChI=1S/C54H34N2/c1-3-13-35(14-4-1)38-24-31-50-47(33-38)48-34-39(36-15-5-2-6-16-36)25-32-51(48)55(50)40-26-28-41(29-27-40)56-49-22-12-11-21-45(49)53-44-20-10-9-19-43(44)52-42-18-8-7-17-37(42)23-30-46(52)54(53)56/h1-34H. The molecule has 12 aromatic rings. The van der Waals surface area contributed by atoms with Crippen molar-refractivity contribution in [1.29, 1.82) is 0 Å². The molecule has 0 saturated carbocycles. The monoisotopic (exact) mass is 710 g/mol. The molecular weight excluding hydrogens is 677 g/mol. The second-order valence-electron chi connectivity index (χ2n) is 14.9. The number of rotatable bonds is 4. The van der Waals surface area contributed by atoms with Crippen molar-refractivity contribution >= 4 is 75.9 Å². The van der Waals surface area contributed by atoms with Crippen LogP contribution < -0.4 is 0 Å². The third-order valence-electron chi connectivity index (χ3n) is 11.9. The third kappa shape index (κ3) is 4.50. The highest BCUT2D eigenvalue weighted by Crippen LogP contribution is 2.45. The largest absolute Gasteiger partial charge is 0.309 e. The minimum atomic E-state index is 1.13. The lowest BCUT2D eigenvalue weighted by atomic mass is 9.93. The zero-order chi connectivity index (χ0) is 36.7. The second kappa shape index (κ2) is 12.0. The molecule has 0 radical (unpaired) electrons. The topological polar surface area (TPSA) is 9.86 Å². The maximum Gasteiger partial charge on any atom is 0.0626 e. The van der Waals surface area contributed by atoms with Crippen molar-refractivity contribution in [3.8, 4) is 33.6 Å². The van der Waals surface area contributed by atoms with Crippen LogP contribution in [-0.2, 0) is 0 Å². The van der Waals surface area contributed by atoms with Crippen LogP contribution in [0.1, 0.15) is 0 Å². The van der Waals surface area contributed by atoms with Gasteiger partial charge >= 0.3 is 0 Å². The molecule has 2 heteroatoms. The zero-order valence-electron chi connectivity index (χ0n) is 30.5. The molecule has 0 unspecified atom stereocenters. The Bertz CT molecular complexity index is 3400. The van der Waals surface area contributed by atoms with Crippen LogP contribution in [0.3, 0.4) is 0 Å². The van der Waals surface area contributed by atoms with Gasteiger partial charge in [-0.3, -0.25) is 0 Å². The molecule has 0 aliphatic rings. The van der Waals surface area contributed by atoms with Crippen molar-refractivity contribution in [3.63, 3.8) is 0 Å². The molecule has 0 spiro atoms. The van der Waals surface area contributed by atoms with Gasteiger partial charge in [0.25, 0.3) is 0 Å². The molecule has 0 saturated heterocycles. The van der Waals surface area contributed by atoms with Gasteiger partial charge in [-0.2, -0.15) is 0 Å². The van der Waals surface area contributed by atoms with Gasteiger partial charge in [-0.15, -0.1) is 0 Å². The Kier molecular flexibility index (Phi) is 6.66. The van der Waals surface area contributed by atoms with Crippen molar-refractivity contribution in [3.05, 3.63) is 206 Å². The SMILES string of the molecule is c1ccc(-c2ccc3c(c2)c2cc(-c4ccccc4)ccc2n3-c2ccc(-n3c4ccccc4c4c5ccccc5c5c6ccccc6ccc5c43)cc2)cc1. The number of benzene rings is 10. The average molecular weight is 711 g/mol. The second-order valence-corrected chi connectivity index (χ2v) is 14.9. The molecule has 56 heavy (non-hydrogen) atoms. The minimum absolute atomic E-state index is 1.13. The van der Waals surface area contributed by atoms with Gasteiger partial charge in [-0.25, -0.2) is 0 Å². The smallest absolute Gasteiger partial charge is 0.0626 e. The van der Waals surface area contributed by atoms with E-state index < -0.39 is 0 Å². The molecule has 0 N–H and O–H groups in total. The fraction of sp³-hybridized carbons (Fsp3) is 0. The van der Waals surface area contributed by atoms with Crippen LogP contribution in [-0.4, -0.2) is 9.13 Å². The number of para-hydroxylation sites is 1. The van der Waals surface area contributed by atoms with Crippen molar-refractivity contribution < 1.29 is 0 Å². The van der Waals surface area contributed by atoms with E-state index in [9.17, 15) is 0 Å². The van der Waals surface area contributed by atoms with Crippen LogP contribution in [0.5, 0.6) is 0 Å². The van der Waals surface area contributed by atoms with E-state index in [1.165, 1.54) is 98.2 Å². The van der Waals surface area contributed by atoms with Gasteiger partial charge < -0.3 is 9.13 Å². The molecule has 0 aliphatic carbocycles. The van der Waals surface area contributed by atoms with Gasteiger partial charge in [0.2, 0.25) is 0 Å². The van der Waals surface area contributed by atoms with E-state index in [4.69, 9.17) is 0 Å². The molecule has 10 aromatic carbocycles. The van der Waals surface area contributed by atoms with Crippen molar-refractivity contribution in [2.45, 2.75) is 0 Å². The molecule has 0 bridgehead atoms. The molecule has 260 valence electrons. The zero-order valence-corrected chi connectivity index (χ0v) is 30.5. The molecule has 0 atom stereocenters. The summed E-state index contributed by atoms with van der Waals surface area (Å²) in [6, 6.07) is 75.7. The molecular formula is C54H34N2. The van der Waals surface area contributed by atoms with Gasteiger partial charge in [0.1, 0.15) is 0 Å². The predicted molar refractivity (Wildman–Crippen MR) is 239 cm³/mol. The number of hydrogen-bond donors (Lipinski definition) is 0. The van der Waals surface area contributed by atoms with E-state index in [1.54, 1.807) is 0 Å². The summed E-state index contributed by atoms with van der Waals surface area (Å²) in [6.07, 6.45) is 0. The first kappa shape index (κ1) is 31.0. The summed E-state index contributed by atoms with van der Waals surface area (Å²) >= 11 is 0. The van der Waals surface area contributed by atoms with Crippen LogP contribution in [0.4, 0.5) is 0 Å². The van der Waals surface area contributed by atoms with E-state index in [0.717, 1.165) is 11.4 Å². The Morgan fingerprint density at radius 1 is 0.250 bits per heavy atom. The number of aromatic nitrogens is 2. The van der Waals surface area contributed by atoms with Crippen LogP contribution >= 0.6 is 0 Å². The Morgan fingerprint density at radius 3 is 1.36 bits per heavy atom. The Balaban J connectivity index is 1.10. The summed E-state index contributed by atoms with van der Waals surface area (Å²) < 4.78 is 4.92. The molecule has 0 amide bonds. The van der Waals surface area contributed by atoms with E-state index in [-0.39, 0.29) is 0 Å². The normalized spacial score (nSPS) is 11.9. The highest BCUT2D eigenvalue weighted by Gasteiger charge is 2.21. The first-order valence-corrected chi connectivity index (χ1v) is 19.4. The van der Waals surface area contributed by atoms with E-state index in [0.29, 0.717) is 0 Å². The molecule has 2 heterocycles. The first-order valence-electron chi connectivity index (χ1n) is 19.4. The van der Waals surface area contributed by atoms with Gasteiger partial charge in [0, 0.05) is 38.3 Å². The molecule has 0 fully saturated rings. The molecule has 12 rings (SSSR count). The van der Waals surface area contributed by atoms with Gasteiger partial charge in [-0.1, -0.05) is 152 Å². The lowest BCUT2D eigenvalue weighted by molar-refractivity contribution is 1.15. The third-order valence-corrected chi connectivity index (χ3v) is 11.9. The van der Waals surface area contributed by atoms with Gasteiger partial charge in [-0.05, 0) is 104 Å². The first-order chi connectivity index (χ1) is 27.8. The lowest BCUT2D eigenvalue weighted by Gasteiger charge is -2.15. The predicted octanol–water partition coefficient (Wildman–Crippen LogP) is 14.7. The summed E-state index contributed by atoms with van der Waals surface area (Å²) in [5.74, 6) is 0. The Hall–Kier alpha value is -7.42. The summed E-state index contributed by atoms with van der Waals surface area (Å²) in [5.41, 5.74) is 12.0. The summed E-state index contributed by atoms with van der Waals surface area (Å²) in [5, 5.41) is 12.8. The van der Waals surface area contributed by atoms with Crippen LogP contribution in [0.25, 0.3) is 110 Å². The van der Waals surface area contributed by atoms with E-state index in [2.05, 4.69) is 215 Å². The van der Waals surface area contributed by atoms with Crippen LogP contribution in [0, 0.1) is 0 Å². The summed E-state index contributed by atoms with van der Waals surface area (Å²) in [7, 11) is 0. The van der Waals surface area contributed by atoms with Crippen molar-refractivity contribution in [1.82, 2.24) is 9.13 Å². The number of hydrogen-bond acceptors (Lipinski definition) is 0. The lowest BCUT2D eigenvalue weighted by Crippen LogP contribution is -1.98. The van der Waals surface area contributed by atoms with Crippen molar-refractivity contribution in [2.24, 2.45) is 0 Å². The van der Waals surface area contributed by atoms with E-state index >= 15 is 0 Å². The minimum Gasteiger partial charge on any atom is -0.309 e. The van der Waals surface area contributed by atoms with Gasteiger partial charge in [0.15, 0.2) is 0 Å². The number of nitrogens with zero attached hydrogens (tertiary/aromatic N) is 2. The number of fused-ring (bicyclic) bond motifs is 13. The summed E-state index contributed by atoms with van der Waals surface area (Å²) in [4.78, 5) is 0. The fourth-order valence-corrected chi connectivity index (χ4v) is 9.39. The van der Waals surface area contributed by atoms with E-state index in [1.807, 2.05) is 0 Å². The van der Waals surface area contributed by atoms with Gasteiger partial charge in [0.05, 0.1) is 22.1 Å². The van der Waals surface area contributed by atoms with Crippen molar-refractivity contribution in [2.75, 3.05) is 0 Å². The maximum absolute atomic E-state index is 2.49. The highest BCUT2D eigenvalue weighted by molar-refractivity contribution is 6.36. The molecule has 0 aliphatic heterocycles. The van der Waals surface area contributed by atoms with Crippen LogP contribution in [0.2, 0.25) is 0 Å². The Labute approximate surface area is 323 Å². The molecule has 2 aromatic heterocycles. The highest BCUT2D eigenvalue weighted by atomic mass is 15.0. The Morgan fingerprint density at radius 2 is 0.732 bits per heavy atom. The molecule has 2 nitrogen and oxygen atoms in total. The maximum atomic E-state index is 2.49. The fourth-order valence-electron chi connectivity index (χ4n) is 9.39. The summed E-state index contributed by atoms with van der Waals surface area (Å²) in [6.45, 7) is 0.